The Morgan fingerprint density at radius 2 is 1.80 bits per heavy atom. The van der Waals surface area contributed by atoms with E-state index in [4.69, 9.17) is 5.11 Å². The molecule has 0 aromatic heterocycles. The first-order chi connectivity index (χ1) is 4.04. The first kappa shape index (κ1) is 12.6. The molecule has 0 rings (SSSR count). The fourth-order valence-corrected chi connectivity index (χ4v) is 0.458. The van der Waals surface area contributed by atoms with Gasteiger partial charge in [-0.05, 0) is 5.92 Å². The predicted octanol–water partition coefficient (Wildman–Crippen LogP) is 0.305. The Kier molecular flexibility index (Phi) is 7.13. The number of carbonyl (C=O) groups is 2. The third-order valence-electron chi connectivity index (χ3n) is 0.832. The van der Waals surface area contributed by atoms with Crippen LogP contribution in [0.5, 0.6) is 0 Å². The number of carboxylic acids is 1. The van der Waals surface area contributed by atoms with Crippen LogP contribution in [0, 0.1) is 5.92 Å². The van der Waals surface area contributed by atoms with Crippen LogP contribution in [0.3, 0.4) is 0 Å². The van der Waals surface area contributed by atoms with E-state index in [1.54, 1.807) is 13.8 Å². The van der Waals surface area contributed by atoms with Gasteiger partial charge in [-0.1, -0.05) is 13.8 Å². The van der Waals surface area contributed by atoms with Gasteiger partial charge in [0.25, 0.3) is 0 Å². The van der Waals surface area contributed by atoms with Crippen molar-refractivity contribution in [1.82, 2.24) is 0 Å². The van der Waals surface area contributed by atoms with Gasteiger partial charge in [0, 0.05) is 6.42 Å². The molecular weight excluding hydrogens is 144 g/mol. The zero-order valence-corrected chi connectivity index (χ0v) is 7.67. The van der Waals surface area contributed by atoms with E-state index >= 15 is 0 Å². The number of carboxylic acid groups (broad SMARTS) is 1. The Labute approximate surface area is 76.0 Å². The third kappa shape index (κ3) is 6.03. The van der Waals surface area contributed by atoms with E-state index in [0.29, 0.717) is 0 Å². The molecule has 52 valence electrons. The molecule has 0 radical (unpaired) electrons. The molecule has 0 aliphatic carbocycles. The summed E-state index contributed by atoms with van der Waals surface area (Å²) in [6.07, 6.45) is 0.134. The topological polar surface area (TPSA) is 54.4 Å². The average Bonchev–Trinajstić information content (AvgIpc) is 1.63. The van der Waals surface area contributed by atoms with E-state index in [-0.39, 0.29) is 35.4 Å². The maximum Gasteiger partial charge on any atom is 2.00 e. The largest absolute Gasteiger partial charge is 2.00 e. The summed E-state index contributed by atoms with van der Waals surface area (Å²) in [6.45, 7) is 3.61. The number of aliphatic carboxylic acids is 1. The van der Waals surface area contributed by atoms with Crippen LogP contribution in [0.25, 0.3) is 0 Å². The van der Waals surface area contributed by atoms with Crippen molar-refractivity contribution in [1.29, 1.82) is 0 Å². The Morgan fingerprint density at radius 3 is 1.90 bits per heavy atom. The number of rotatable bonds is 3. The first-order valence-corrected chi connectivity index (χ1v) is 2.80. The first-order valence-electron chi connectivity index (χ1n) is 2.80. The van der Waals surface area contributed by atoms with Gasteiger partial charge < -0.3 is 5.11 Å². The summed E-state index contributed by atoms with van der Waals surface area (Å²) in [6, 6.07) is 0. The van der Waals surface area contributed by atoms with Crippen LogP contribution >= 0.6 is 0 Å². The number of hydrogen-bond acceptors (Lipinski definition) is 2. The summed E-state index contributed by atoms with van der Waals surface area (Å²) in [5.41, 5.74) is 0. The number of carbonyl (C=O) groups excluding carboxylic acids is 1. The van der Waals surface area contributed by atoms with Crippen molar-refractivity contribution in [3.05, 3.63) is 0 Å². The monoisotopic (exact) mass is 154 g/mol. The van der Waals surface area contributed by atoms with Crippen LogP contribution in [0.4, 0.5) is 0 Å². The van der Waals surface area contributed by atoms with E-state index < -0.39 is 11.8 Å². The van der Waals surface area contributed by atoms with Crippen LogP contribution in [0.2, 0.25) is 0 Å². The van der Waals surface area contributed by atoms with E-state index in [1.165, 1.54) is 0 Å². The van der Waals surface area contributed by atoms with Gasteiger partial charge in [0.15, 0.2) is 0 Å². The van der Waals surface area contributed by atoms with Gasteiger partial charge in [-0.3, -0.25) is 4.79 Å². The molecule has 0 saturated carbocycles. The summed E-state index contributed by atoms with van der Waals surface area (Å²) >= 11 is 0. The molecule has 0 aromatic carbocycles. The van der Waals surface area contributed by atoms with E-state index in [9.17, 15) is 9.59 Å². The molecule has 0 bridgehead atoms. The molecule has 3 nitrogen and oxygen atoms in total. The second kappa shape index (κ2) is 5.67. The van der Waals surface area contributed by atoms with Crippen LogP contribution in [0.1, 0.15) is 20.3 Å². The summed E-state index contributed by atoms with van der Waals surface area (Å²) in [5, 5.41) is 8.08. The Balaban J connectivity index is 0. The molecule has 0 spiro atoms. The molecule has 10 heavy (non-hydrogen) atoms. The van der Waals surface area contributed by atoms with Gasteiger partial charge in [0.05, 0.1) is 0 Å². The molecule has 0 saturated heterocycles. The number of Topliss-reactive ketones (excluding diaryl/α,β-unsaturated/α-hetero) is 1. The van der Waals surface area contributed by atoms with Crippen LogP contribution in [0.15, 0.2) is 0 Å². The number of hydrogen-bond donors (Lipinski definition) is 1. The molecule has 0 amide bonds. The van der Waals surface area contributed by atoms with Crippen LogP contribution in [-0.2, 0) is 9.59 Å². The van der Waals surface area contributed by atoms with Crippen LogP contribution < -0.4 is 0 Å². The maximum absolute atomic E-state index is 10.4. The molecule has 0 aromatic rings. The standard InChI is InChI=1S/C6H10O3.Mg/c1-4(2)3-5(7)6(8)9;/h4H,3H2,1-2H3,(H,8,9);/q;+2. The van der Waals surface area contributed by atoms with Gasteiger partial charge in [-0.2, -0.15) is 0 Å². The van der Waals surface area contributed by atoms with Crippen molar-refractivity contribution in [3.8, 4) is 0 Å². The van der Waals surface area contributed by atoms with Crippen molar-refractivity contribution in [3.63, 3.8) is 0 Å². The zero-order valence-electron chi connectivity index (χ0n) is 6.26. The maximum atomic E-state index is 10.4. The molecule has 0 heterocycles. The summed E-state index contributed by atoms with van der Waals surface area (Å²) in [7, 11) is 0. The Bertz CT molecular complexity index is 131. The van der Waals surface area contributed by atoms with Crippen molar-refractivity contribution >= 4 is 34.8 Å². The third-order valence-corrected chi connectivity index (χ3v) is 0.832. The fraction of sp³-hybridized carbons (Fsp3) is 0.667. The Hall–Kier alpha value is -0.0938. The quantitative estimate of drug-likeness (QED) is 0.470. The van der Waals surface area contributed by atoms with E-state index in [2.05, 4.69) is 0 Å². The summed E-state index contributed by atoms with van der Waals surface area (Å²) in [5.74, 6) is -1.90. The van der Waals surface area contributed by atoms with Gasteiger partial charge >= 0.3 is 29.0 Å². The SMILES string of the molecule is CC(C)CC(=O)C(=O)O.[Mg+2]. The number of ketones is 1. The molecule has 1 N–H and O–H groups in total. The average molecular weight is 154 g/mol. The van der Waals surface area contributed by atoms with Crippen molar-refractivity contribution in [2.45, 2.75) is 20.3 Å². The molecule has 0 aliphatic rings. The second-order valence-corrected chi connectivity index (χ2v) is 2.33. The summed E-state index contributed by atoms with van der Waals surface area (Å²) < 4.78 is 0. The van der Waals surface area contributed by atoms with E-state index in [1.807, 2.05) is 0 Å². The van der Waals surface area contributed by atoms with Gasteiger partial charge in [0.2, 0.25) is 5.78 Å². The molecule has 0 aliphatic heterocycles. The molecular formula is C6H10MgO3+2. The molecule has 0 atom stereocenters. The normalized spacial score (nSPS) is 8.70. The molecule has 0 unspecified atom stereocenters. The smallest absolute Gasteiger partial charge is 0.476 e. The van der Waals surface area contributed by atoms with Gasteiger partial charge in [-0.25, -0.2) is 4.79 Å². The zero-order chi connectivity index (χ0) is 7.44. The van der Waals surface area contributed by atoms with Gasteiger partial charge in [-0.15, -0.1) is 0 Å². The fourth-order valence-electron chi connectivity index (χ4n) is 0.458. The van der Waals surface area contributed by atoms with Gasteiger partial charge in [0.1, 0.15) is 0 Å². The van der Waals surface area contributed by atoms with Crippen molar-refractivity contribution in [2.24, 2.45) is 5.92 Å². The molecule has 4 heteroatoms. The minimum Gasteiger partial charge on any atom is -0.476 e. The minimum atomic E-state index is -1.33. The van der Waals surface area contributed by atoms with Crippen molar-refractivity contribution in [2.75, 3.05) is 0 Å². The van der Waals surface area contributed by atoms with Crippen LogP contribution in [-0.4, -0.2) is 39.9 Å². The Morgan fingerprint density at radius 1 is 1.40 bits per heavy atom. The van der Waals surface area contributed by atoms with E-state index in [0.717, 1.165) is 0 Å². The summed E-state index contributed by atoms with van der Waals surface area (Å²) in [4.78, 5) is 20.2. The second-order valence-electron chi connectivity index (χ2n) is 2.33. The minimum absolute atomic E-state index is 0. The van der Waals surface area contributed by atoms with Crippen molar-refractivity contribution < 1.29 is 14.7 Å². The predicted molar refractivity (Wildman–Crippen MR) is 37.9 cm³/mol. The molecule has 0 fully saturated rings.